The number of halogens is 1. The number of methoxy groups -OCH3 is 1. The molecule has 5 nitrogen and oxygen atoms in total. The minimum Gasteiger partial charge on any atom is -0.496 e. The second-order valence-corrected chi connectivity index (χ2v) is 6.29. The molecule has 0 aliphatic carbocycles. The van der Waals surface area contributed by atoms with Crippen LogP contribution in [0.1, 0.15) is 0 Å². The van der Waals surface area contributed by atoms with E-state index < -0.39 is 0 Å². The van der Waals surface area contributed by atoms with Gasteiger partial charge in [0.25, 0.3) is 0 Å². The number of fused-ring (bicyclic) bond motifs is 2. The van der Waals surface area contributed by atoms with Crippen molar-refractivity contribution in [2.45, 2.75) is 0 Å². The summed E-state index contributed by atoms with van der Waals surface area (Å²) < 4.78 is 6.38. The predicted octanol–water partition coefficient (Wildman–Crippen LogP) is 4.47. The van der Waals surface area contributed by atoms with Crippen molar-refractivity contribution in [2.24, 2.45) is 0 Å². The first kappa shape index (κ1) is 14.3. The number of anilines is 2. The molecule has 0 fully saturated rings. The summed E-state index contributed by atoms with van der Waals surface area (Å²) in [7, 11) is 1.66. The highest BCUT2D eigenvalue weighted by Gasteiger charge is 2.09. The summed E-state index contributed by atoms with van der Waals surface area (Å²) in [4.78, 5) is 11.9. The lowest BCUT2D eigenvalue weighted by Gasteiger charge is -2.10. The molecule has 0 atom stereocenters. The molecule has 0 saturated carbocycles. The molecule has 0 unspecified atom stereocenters. The fourth-order valence-corrected chi connectivity index (χ4v) is 3.27. The Bertz CT molecular complexity index is 1010. The molecule has 2 heterocycles. The van der Waals surface area contributed by atoms with Gasteiger partial charge in [0, 0.05) is 34.2 Å². The Balaban J connectivity index is 1.80. The van der Waals surface area contributed by atoms with Crippen molar-refractivity contribution in [3.05, 3.63) is 52.5 Å². The van der Waals surface area contributed by atoms with Crippen LogP contribution in [0.4, 0.5) is 11.5 Å². The first-order valence-corrected chi connectivity index (χ1v) is 8.15. The van der Waals surface area contributed by atoms with E-state index in [1.54, 1.807) is 13.4 Å². The van der Waals surface area contributed by atoms with Gasteiger partial charge in [0.2, 0.25) is 0 Å². The lowest BCUT2D eigenvalue weighted by atomic mass is 10.2. The molecular formula is C17H13IN4O. The van der Waals surface area contributed by atoms with Gasteiger partial charge in [-0.25, -0.2) is 9.97 Å². The second kappa shape index (κ2) is 5.69. The average molecular weight is 416 g/mol. The molecule has 2 aromatic carbocycles. The summed E-state index contributed by atoms with van der Waals surface area (Å²) in [6, 6.07) is 12.2. The Morgan fingerprint density at radius 2 is 2.04 bits per heavy atom. The minimum atomic E-state index is 0.783. The first-order valence-electron chi connectivity index (χ1n) is 7.07. The van der Waals surface area contributed by atoms with Gasteiger partial charge < -0.3 is 15.0 Å². The fourth-order valence-electron chi connectivity index (χ4n) is 2.58. The Hall–Kier alpha value is -2.35. The van der Waals surface area contributed by atoms with E-state index in [0.717, 1.165) is 42.6 Å². The lowest BCUT2D eigenvalue weighted by Crippen LogP contribution is -1.97. The number of rotatable bonds is 3. The Morgan fingerprint density at radius 3 is 2.91 bits per heavy atom. The zero-order valence-corrected chi connectivity index (χ0v) is 14.5. The van der Waals surface area contributed by atoms with Crippen LogP contribution in [0, 0.1) is 3.57 Å². The molecule has 23 heavy (non-hydrogen) atoms. The van der Waals surface area contributed by atoms with Crippen LogP contribution in [0.5, 0.6) is 5.75 Å². The van der Waals surface area contributed by atoms with Crippen molar-refractivity contribution >= 4 is 55.9 Å². The van der Waals surface area contributed by atoms with Crippen molar-refractivity contribution in [2.75, 3.05) is 12.4 Å². The topological polar surface area (TPSA) is 62.8 Å². The molecule has 0 amide bonds. The zero-order valence-electron chi connectivity index (χ0n) is 12.3. The van der Waals surface area contributed by atoms with Crippen LogP contribution in [-0.2, 0) is 0 Å². The second-order valence-electron chi connectivity index (χ2n) is 5.13. The van der Waals surface area contributed by atoms with Crippen LogP contribution in [-0.4, -0.2) is 22.1 Å². The highest BCUT2D eigenvalue weighted by atomic mass is 127. The number of benzene rings is 2. The van der Waals surface area contributed by atoms with Crippen molar-refractivity contribution in [3.63, 3.8) is 0 Å². The van der Waals surface area contributed by atoms with Crippen LogP contribution < -0.4 is 10.1 Å². The molecule has 6 heteroatoms. The molecule has 4 aromatic rings. The van der Waals surface area contributed by atoms with Gasteiger partial charge in [-0.3, -0.25) is 0 Å². The van der Waals surface area contributed by atoms with Gasteiger partial charge in [0.15, 0.2) is 0 Å². The van der Waals surface area contributed by atoms with Crippen molar-refractivity contribution < 1.29 is 4.74 Å². The van der Waals surface area contributed by atoms with E-state index in [9.17, 15) is 0 Å². The van der Waals surface area contributed by atoms with Gasteiger partial charge in [0.05, 0.1) is 16.2 Å². The predicted molar refractivity (Wildman–Crippen MR) is 100 cm³/mol. The molecule has 0 aliphatic heterocycles. The Labute approximate surface area is 146 Å². The number of nitrogens with zero attached hydrogens (tertiary/aromatic N) is 2. The third-order valence-corrected chi connectivity index (χ3v) is 4.57. The molecule has 0 radical (unpaired) electrons. The van der Waals surface area contributed by atoms with Gasteiger partial charge in [-0.2, -0.15) is 0 Å². The maximum atomic E-state index is 5.36. The molecule has 0 aliphatic rings. The van der Waals surface area contributed by atoms with Crippen LogP contribution in [0.25, 0.3) is 21.8 Å². The average Bonchev–Trinajstić information content (AvgIpc) is 3.02. The van der Waals surface area contributed by atoms with Crippen molar-refractivity contribution in [1.29, 1.82) is 0 Å². The molecular weight excluding hydrogens is 403 g/mol. The van der Waals surface area contributed by atoms with Crippen molar-refractivity contribution in [1.82, 2.24) is 15.0 Å². The Kier molecular flexibility index (Phi) is 3.53. The van der Waals surface area contributed by atoms with Gasteiger partial charge in [-0.05, 0) is 52.9 Å². The van der Waals surface area contributed by atoms with E-state index in [1.807, 2.05) is 36.5 Å². The molecule has 0 spiro atoms. The summed E-state index contributed by atoms with van der Waals surface area (Å²) in [5.41, 5.74) is 2.95. The number of aromatic amines is 1. The number of aromatic nitrogens is 3. The van der Waals surface area contributed by atoms with E-state index >= 15 is 0 Å². The SMILES string of the molecule is COc1cc2ncnc(Nc3ccc4[nH]ccc4c3)c2cc1I. The Morgan fingerprint density at radius 1 is 1.13 bits per heavy atom. The number of nitrogens with one attached hydrogen (secondary N) is 2. The highest BCUT2D eigenvalue weighted by Crippen LogP contribution is 2.30. The number of H-pyrrole nitrogens is 1. The van der Waals surface area contributed by atoms with Gasteiger partial charge in [-0.1, -0.05) is 0 Å². The largest absolute Gasteiger partial charge is 0.496 e. The van der Waals surface area contributed by atoms with Crippen LogP contribution in [0.2, 0.25) is 0 Å². The fraction of sp³-hybridized carbons (Fsp3) is 0.0588. The third-order valence-electron chi connectivity index (χ3n) is 3.72. The van der Waals surface area contributed by atoms with Crippen LogP contribution in [0.3, 0.4) is 0 Å². The van der Waals surface area contributed by atoms with E-state index in [-0.39, 0.29) is 0 Å². The monoisotopic (exact) mass is 416 g/mol. The number of hydrogen-bond donors (Lipinski definition) is 2. The van der Waals surface area contributed by atoms with E-state index in [2.05, 4.69) is 48.9 Å². The molecule has 0 saturated heterocycles. The lowest BCUT2D eigenvalue weighted by molar-refractivity contribution is 0.412. The minimum absolute atomic E-state index is 0.783. The van der Waals surface area contributed by atoms with Gasteiger partial charge in [0.1, 0.15) is 17.9 Å². The summed E-state index contributed by atoms with van der Waals surface area (Å²) in [6.45, 7) is 0. The van der Waals surface area contributed by atoms with E-state index in [4.69, 9.17) is 4.74 Å². The van der Waals surface area contributed by atoms with E-state index in [1.165, 1.54) is 0 Å². The van der Waals surface area contributed by atoms with Crippen LogP contribution in [0.15, 0.2) is 48.9 Å². The normalized spacial score (nSPS) is 11.0. The van der Waals surface area contributed by atoms with Crippen molar-refractivity contribution in [3.8, 4) is 5.75 Å². The molecule has 2 aromatic heterocycles. The van der Waals surface area contributed by atoms with Gasteiger partial charge in [-0.15, -0.1) is 0 Å². The third kappa shape index (κ3) is 2.59. The summed E-state index contributed by atoms with van der Waals surface area (Å²) in [5, 5.41) is 5.51. The smallest absolute Gasteiger partial charge is 0.141 e. The first-order chi connectivity index (χ1) is 11.2. The number of ether oxygens (including phenoxy) is 1. The van der Waals surface area contributed by atoms with Gasteiger partial charge >= 0.3 is 0 Å². The maximum absolute atomic E-state index is 5.36. The van der Waals surface area contributed by atoms with E-state index in [0.29, 0.717) is 0 Å². The molecule has 2 N–H and O–H groups in total. The number of hydrogen-bond acceptors (Lipinski definition) is 4. The maximum Gasteiger partial charge on any atom is 0.141 e. The summed E-state index contributed by atoms with van der Waals surface area (Å²) in [6.07, 6.45) is 3.50. The summed E-state index contributed by atoms with van der Waals surface area (Å²) >= 11 is 2.25. The standard InChI is InChI=1S/C17H13IN4O/c1-23-16-8-15-12(7-13(16)18)17(21-9-20-15)22-11-2-3-14-10(6-11)4-5-19-14/h2-9,19H,1H3,(H,20,21,22). The summed E-state index contributed by atoms with van der Waals surface area (Å²) in [5.74, 6) is 1.60. The quantitative estimate of drug-likeness (QED) is 0.484. The zero-order chi connectivity index (χ0) is 15.8. The van der Waals surface area contributed by atoms with Crippen LogP contribution >= 0.6 is 22.6 Å². The highest BCUT2D eigenvalue weighted by molar-refractivity contribution is 14.1. The molecule has 114 valence electrons. The molecule has 0 bridgehead atoms. The molecule has 4 rings (SSSR count).